The molecule has 0 unspecified atom stereocenters. The second kappa shape index (κ2) is 6.92. The van der Waals surface area contributed by atoms with Gasteiger partial charge in [0.25, 0.3) is 0 Å². The van der Waals surface area contributed by atoms with E-state index < -0.39 is 10.0 Å². The first-order chi connectivity index (χ1) is 9.28. The highest BCUT2D eigenvalue weighted by Crippen LogP contribution is 2.20. The van der Waals surface area contributed by atoms with Gasteiger partial charge < -0.3 is 10.9 Å². The highest BCUT2D eigenvalue weighted by Gasteiger charge is 2.26. The second-order valence-electron chi connectivity index (χ2n) is 4.50. The van der Waals surface area contributed by atoms with Crippen LogP contribution in [0.5, 0.6) is 0 Å². The molecule has 1 rings (SSSR count). The minimum atomic E-state index is -3.64. The molecule has 0 fully saturated rings. The molecule has 1 aromatic carbocycles. The van der Waals surface area contributed by atoms with E-state index >= 15 is 0 Å². The van der Waals surface area contributed by atoms with Crippen molar-refractivity contribution in [3.8, 4) is 0 Å². The molecule has 1 aromatic rings. The number of hydrogen-bond acceptors (Lipinski definition) is 4. The fourth-order valence-corrected chi connectivity index (χ4v) is 3.44. The molecule has 0 aliphatic heterocycles. The summed E-state index contributed by atoms with van der Waals surface area (Å²) in [4.78, 5) is 0.162. The first kappa shape index (κ1) is 16.7. The fourth-order valence-electron chi connectivity index (χ4n) is 1.67. The molecule has 8 heteroatoms. The summed E-state index contributed by atoms with van der Waals surface area (Å²) in [5.41, 5.74) is 5.38. The molecule has 0 heterocycles. The first-order valence-corrected chi connectivity index (χ1v) is 7.84. The van der Waals surface area contributed by atoms with Crippen LogP contribution in [0.1, 0.15) is 20.3 Å². The Hall–Kier alpha value is -1.31. The van der Waals surface area contributed by atoms with Crippen LogP contribution in [0.2, 0.25) is 5.02 Å². The Bertz CT molecular complexity index is 570. The van der Waals surface area contributed by atoms with Gasteiger partial charge in [0.15, 0.2) is 0 Å². The largest absolute Gasteiger partial charge is 0.409 e. The lowest BCUT2D eigenvalue weighted by Crippen LogP contribution is -2.39. The van der Waals surface area contributed by atoms with Gasteiger partial charge in [-0.3, -0.25) is 0 Å². The maximum atomic E-state index is 12.5. The third kappa shape index (κ3) is 4.09. The fraction of sp³-hybridized carbons (Fsp3) is 0.417. The summed E-state index contributed by atoms with van der Waals surface area (Å²) in [6.45, 7) is 3.66. The van der Waals surface area contributed by atoms with Crippen LogP contribution >= 0.6 is 11.6 Å². The highest BCUT2D eigenvalue weighted by molar-refractivity contribution is 7.89. The van der Waals surface area contributed by atoms with Crippen LogP contribution in [0.4, 0.5) is 0 Å². The van der Waals surface area contributed by atoms with E-state index in [1.165, 1.54) is 28.6 Å². The van der Waals surface area contributed by atoms with Crippen LogP contribution < -0.4 is 5.73 Å². The van der Waals surface area contributed by atoms with Crippen molar-refractivity contribution in [2.75, 3.05) is 6.54 Å². The summed E-state index contributed by atoms with van der Waals surface area (Å²) in [6, 6.07) is 5.71. The molecular weight excluding hydrogens is 302 g/mol. The molecule has 0 aromatic heterocycles. The quantitative estimate of drug-likeness (QED) is 0.362. The lowest BCUT2D eigenvalue weighted by Gasteiger charge is -2.25. The zero-order valence-electron chi connectivity index (χ0n) is 11.3. The molecule has 3 N–H and O–H groups in total. The van der Waals surface area contributed by atoms with Gasteiger partial charge in [0.2, 0.25) is 10.0 Å². The lowest BCUT2D eigenvalue weighted by atomic mass is 10.3. The van der Waals surface area contributed by atoms with Crippen LogP contribution in [0.25, 0.3) is 0 Å². The highest BCUT2D eigenvalue weighted by atomic mass is 35.5. The Balaban J connectivity index is 3.03. The maximum absolute atomic E-state index is 12.5. The monoisotopic (exact) mass is 319 g/mol. The average Bonchev–Trinajstić information content (AvgIpc) is 2.38. The number of rotatable bonds is 6. The summed E-state index contributed by atoms with van der Waals surface area (Å²) in [5, 5.41) is 11.8. The first-order valence-electron chi connectivity index (χ1n) is 6.03. The zero-order valence-corrected chi connectivity index (χ0v) is 12.9. The smallest absolute Gasteiger partial charge is 0.243 e. The van der Waals surface area contributed by atoms with Crippen LogP contribution in [0, 0.1) is 0 Å². The number of amidine groups is 1. The summed E-state index contributed by atoms with van der Waals surface area (Å²) in [6.07, 6.45) is 0.154. The van der Waals surface area contributed by atoms with Gasteiger partial charge in [0.1, 0.15) is 5.84 Å². The van der Waals surface area contributed by atoms with Crippen LogP contribution in [-0.2, 0) is 10.0 Å². The molecular formula is C12H18ClN3O3S. The van der Waals surface area contributed by atoms with Crippen molar-refractivity contribution in [1.82, 2.24) is 4.31 Å². The lowest BCUT2D eigenvalue weighted by molar-refractivity contribution is 0.313. The number of sulfonamides is 1. The van der Waals surface area contributed by atoms with E-state index in [2.05, 4.69) is 5.16 Å². The molecule has 0 saturated carbocycles. The number of oxime groups is 1. The van der Waals surface area contributed by atoms with Crippen molar-refractivity contribution < 1.29 is 13.6 Å². The normalized spacial score (nSPS) is 13.2. The van der Waals surface area contributed by atoms with Gasteiger partial charge in [-0.2, -0.15) is 4.31 Å². The van der Waals surface area contributed by atoms with E-state index in [-0.39, 0.29) is 29.7 Å². The number of halogens is 1. The Labute approximate surface area is 123 Å². The van der Waals surface area contributed by atoms with E-state index in [0.29, 0.717) is 5.02 Å². The van der Waals surface area contributed by atoms with Gasteiger partial charge in [-0.05, 0) is 38.1 Å². The van der Waals surface area contributed by atoms with Crippen molar-refractivity contribution in [3.63, 3.8) is 0 Å². The van der Waals surface area contributed by atoms with E-state index in [1.807, 2.05) is 0 Å². The number of nitrogens with two attached hydrogens (primary N) is 1. The second-order valence-corrected chi connectivity index (χ2v) is 6.83. The molecule has 0 saturated heterocycles. The minimum absolute atomic E-state index is 0.0121. The van der Waals surface area contributed by atoms with Crippen LogP contribution in [-0.4, -0.2) is 36.4 Å². The Kier molecular flexibility index (Phi) is 5.79. The van der Waals surface area contributed by atoms with Crippen molar-refractivity contribution in [1.29, 1.82) is 0 Å². The molecule has 0 aliphatic rings. The van der Waals surface area contributed by atoms with E-state index in [0.717, 1.165) is 0 Å². The van der Waals surface area contributed by atoms with Gasteiger partial charge in [-0.25, -0.2) is 8.42 Å². The van der Waals surface area contributed by atoms with E-state index in [1.54, 1.807) is 13.8 Å². The zero-order chi connectivity index (χ0) is 15.3. The van der Waals surface area contributed by atoms with E-state index in [4.69, 9.17) is 22.5 Å². The standard InChI is InChI=1S/C12H18ClN3O3S/c1-9(2)16(8-7-12(14)15-17)20(18,19)11-5-3-10(13)4-6-11/h3-6,9,17H,7-8H2,1-2H3,(H2,14,15). The SMILES string of the molecule is CC(C)N(CCC(N)=NO)S(=O)(=O)c1ccc(Cl)cc1. The predicted octanol–water partition coefficient (Wildman–Crippen LogP) is 1.88. The predicted molar refractivity (Wildman–Crippen MR) is 78.5 cm³/mol. The summed E-state index contributed by atoms with van der Waals surface area (Å²) >= 11 is 5.76. The van der Waals surface area contributed by atoms with Crippen LogP contribution in [0.3, 0.4) is 0 Å². The Morgan fingerprint density at radius 2 is 1.95 bits per heavy atom. The molecule has 0 spiro atoms. The molecule has 0 bridgehead atoms. The summed E-state index contributed by atoms with van der Waals surface area (Å²) in [5.74, 6) is -0.0121. The van der Waals surface area contributed by atoms with Crippen LogP contribution in [0.15, 0.2) is 34.3 Å². The third-order valence-electron chi connectivity index (χ3n) is 2.71. The molecule has 0 aliphatic carbocycles. The van der Waals surface area contributed by atoms with Crippen molar-refractivity contribution >= 4 is 27.5 Å². The molecule has 112 valence electrons. The minimum Gasteiger partial charge on any atom is -0.409 e. The van der Waals surface area contributed by atoms with Gasteiger partial charge in [0, 0.05) is 24.0 Å². The van der Waals surface area contributed by atoms with Gasteiger partial charge in [0.05, 0.1) is 4.90 Å². The number of benzene rings is 1. The number of nitrogens with zero attached hydrogens (tertiary/aromatic N) is 2. The molecule has 20 heavy (non-hydrogen) atoms. The van der Waals surface area contributed by atoms with Crippen molar-refractivity contribution in [2.24, 2.45) is 10.9 Å². The Morgan fingerprint density at radius 3 is 2.40 bits per heavy atom. The molecule has 6 nitrogen and oxygen atoms in total. The third-order valence-corrected chi connectivity index (χ3v) is 5.05. The topological polar surface area (TPSA) is 96.0 Å². The van der Waals surface area contributed by atoms with Gasteiger partial charge in [-0.1, -0.05) is 16.8 Å². The van der Waals surface area contributed by atoms with Crippen molar-refractivity contribution in [3.05, 3.63) is 29.3 Å². The summed E-state index contributed by atoms with van der Waals surface area (Å²) < 4.78 is 26.4. The van der Waals surface area contributed by atoms with Crippen molar-refractivity contribution in [2.45, 2.75) is 31.2 Å². The molecule has 0 amide bonds. The molecule has 0 radical (unpaired) electrons. The average molecular weight is 320 g/mol. The number of hydrogen-bond donors (Lipinski definition) is 2. The van der Waals surface area contributed by atoms with Gasteiger partial charge >= 0.3 is 0 Å². The maximum Gasteiger partial charge on any atom is 0.243 e. The van der Waals surface area contributed by atoms with Gasteiger partial charge in [-0.15, -0.1) is 0 Å². The molecule has 0 atom stereocenters. The summed E-state index contributed by atoms with van der Waals surface area (Å²) in [7, 11) is -3.64. The Morgan fingerprint density at radius 1 is 1.40 bits per heavy atom. The van der Waals surface area contributed by atoms with E-state index in [9.17, 15) is 8.42 Å².